The van der Waals surface area contributed by atoms with Gasteiger partial charge in [0.25, 0.3) is 0 Å². The van der Waals surface area contributed by atoms with Crippen LogP contribution in [0, 0.1) is 0 Å². The molecular weight excluding hydrogens is 228 g/mol. The van der Waals surface area contributed by atoms with E-state index in [0.717, 1.165) is 36.1 Å². The molecule has 1 aromatic carbocycles. The Kier molecular flexibility index (Phi) is 3.14. The summed E-state index contributed by atoms with van der Waals surface area (Å²) in [6.45, 7) is 5.16. The summed E-state index contributed by atoms with van der Waals surface area (Å²) in [5, 5.41) is 0. The van der Waals surface area contributed by atoms with Gasteiger partial charge in [0.1, 0.15) is 5.75 Å². The first-order valence-corrected chi connectivity index (χ1v) is 6.63. The Morgan fingerprint density at radius 2 is 2.22 bits per heavy atom. The van der Waals surface area contributed by atoms with Gasteiger partial charge in [-0.15, -0.1) is 0 Å². The number of benzene rings is 1. The van der Waals surface area contributed by atoms with Crippen LogP contribution in [0.5, 0.6) is 5.75 Å². The first-order valence-electron chi connectivity index (χ1n) is 6.63. The molecule has 0 saturated heterocycles. The normalized spacial score (nSPS) is 18.6. The molecule has 2 aliphatic rings. The fourth-order valence-electron chi connectivity index (χ4n) is 2.60. The van der Waals surface area contributed by atoms with E-state index in [1.54, 1.807) is 0 Å². The summed E-state index contributed by atoms with van der Waals surface area (Å²) in [6.07, 6.45) is 2.64. The molecule has 0 spiro atoms. The molecule has 18 heavy (non-hydrogen) atoms. The Morgan fingerprint density at radius 3 is 2.94 bits per heavy atom. The lowest BCUT2D eigenvalue weighted by molar-refractivity contribution is -0.0174. The number of nitrogens with two attached hydrogens (primary N) is 1. The van der Waals surface area contributed by atoms with E-state index in [-0.39, 0.29) is 0 Å². The highest BCUT2D eigenvalue weighted by Gasteiger charge is 2.29. The second kappa shape index (κ2) is 4.78. The van der Waals surface area contributed by atoms with Crippen LogP contribution in [-0.2, 0) is 17.9 Å². The Balaban J connectivity index is 1.87. The molecule has 4 nitrogen and oxygen atoms in total. The van der Waals surface area contributed by atoms with Crippen molar-refractivity contribution >= 4 is 5.69 Å². The van der Waals surface area contributed by atoms with Gasteiger partial charge in [0.15, 0.2) is 6.79 Å². The van der Waals surface area contributed by atoms with Gasteiger partial charge >= 0.3 is 0 Å². The van der Waals surface area contributed by atoms with E-state index in [4.69, 9.17) is 15.2 Å². The largest absolute Gasteiger partial charge is 0.467 e. The highest BCUT2D eigenvalue weighted by Crippen LogP contribution is 2.34. The predicted octanol–water partition coefficient (Wildman–Crippen LogP) is 2.12. The first kappa shape index (κ1) is 11.8. The van der Waals surface area contributed by atoms with Crippen LogP contribution in [0.3, 0.4) is 0 Å². The molecule has 1 aromatic rings. The summed E-state index contributed by atoms with van der Waals surface area (Å²) in [4.78, 5) is 2.49. The molecule has 0 atom stereocenters. The quantitative estimate of drug-likeness (QED) is 0.829. The van der Waals surface area contributed by atoms with Crippen molar-refractivity contribution in [3.8, 4) is 5.75 Å². The summed E-state index contributed by atoms with van der Waals surface area (Å²) >= 11 is 0. The maximum Gasteiger partial charge on any atom is 0.189 e. The van der Waals surface area contributed by atoms with Gasteiger partial charge in [-0.3, -0.25) is 4.90 Å². The Labute approximate surface area is 108 Å². The number of hydrogen-bond acceptors (Lipinski definition) is 4. The SMILES string of the molecule is CCN(Cc1cc(N)cc2c1OCOC2)C1CC1. The van der Waals surface area contributed by atoms with Crippen molar-refractivity contribution in [1.29, 1.82) is 0 Å². The number of nitrogen functional groups attached to an aromatic ring is 1. The molecule has 0 aromatic heterocycles. The molecule has 1 saturated carbocycles. The highest BCUT2D eigenvalue weighted by molar-refractivity contribution is 5.53. The van der Waals surface area contributed by atoms with E-state index < -0.39 is 0 Å². The zero-order valence-electron chi connectivity index (χ0n) is 10.8. The van der Waals surface area contributed by atoms with E-state index in [0.29, 0.717) is 13.4 Å². The number of anilines is 1. The second-order valence-corrected chi connectivity index (χ2v) is 5.07. The third-order valence-corrected chi connectivity index (χ3v) is 3.65. The highest BCUT2D eigenvalue weighted by atomic mass is 16.7. The van der Waals surface area contributed by atoms with Gasteiger partial charge in [-0.25, -0.2) is 0 Å². The average molecular weight is 248 g/mol. The zero-order chi connectivity index (χ0) is 12.5. The molecule has 1 aliphatic heterocycles. The van der Waals surface area contributed by atoms with Gasteiger partial charge < -0.3 is 15.2 Å². The van der Waals surface area contributed by atoms with Crippen LogP contribution in [0.4, 0.5) is 5.69 Å². The summed E-state index contributed by atoms with van der Waals surface area (Å²) in [6, 6.07) is 4.74. The minimum Gasteiger partial charge on any atom is -0.467 e. The van der Waals surface area contributed by atoms with Crippen molar-refractivity contribution in [2.24, 2.45) is 0 Å². The van der Waals surface area contributed by atoms with Crippen molar-refractivity contribution in [1.82, 2.24) is 4.90 Å². The van der Waals surface area contributed by atoms with Crippen LogP contribution in [0.25, 0.3) is 0 Å². The van der Waals surface area contributed by atoms with Gasteiger partial charge in [-0.1, -0.05) is 6.92 Å². The molecule has 4 heteroatoms. The van der Waals surface area contributed by atoms with Gasteiger partial charge in [-0.05, 0) is 31.5 Å². The van der Waals surface area contributed by atoms with Gasteiger partial charge in [-0.2, -0.15) is 0 Å². The molecule has 0 unspecified atom stereocenters. The van der Waals surface area contributed by atoms with Crippen molar-refractivity contribution in [2.45, 2.75) is 39.0 Å². The smallest absolute Gasteiger partial charge is 0.189 e. The van der Waals surface area contributed by atoms with Gasteiger partial charge in [0.05, 0.1) is 6.61 Å². The molecule has 1 heterocycles. The monoisotopic (exact) mass is 248 g/mol. The Hall–Kier alpha value is -1.26. The molecule has 1 fully saturated rings. The molecule has 0 bridgehead atoms. The van der Waals surface area contributed by atoms with Gasteiger partial charge in [0, 0.05) is 29.4 Å². The number of rotatable bonds is 4. The van der Waals surface area contributed by atoms with Crippen molar-refractivity contribution in [3.63, 3.8) is 0 Å². The lowest BCUT2D eigenvalue weighted by atomic mass is 10.1. The first-order chi connectivity index (χ1) is 8.78. The fourth-order valence-corrected chi connectivity index (χ4v) is 2.60. The van der Waals surface area contributed by atoms with Crippen LogP contribution < -0.4 is 10.5 Å². The van der Waals surface area contributed by atoms with Crippen LogP contribution in [-0.4, -0.2) is 24.3 Å². The lowest BCUT2D eigenvalue weighted by Crippen LogP contribution is -2.26. The van der Waals surface area contributed by atoms with Crippen LogP contribution in [0.1, 0.15) is 30.9 Å². The Morgan fingerprint density at radius 1 is 1.39 bits per heavy atom. The summed E-state index contributed by atoms with van der Waals surface area (Å²) < 4.78 is 11.0. The summed E-state index contributed by atoms with van der Waals surface area (Å²) in [7, 11) is 0. The predicted molar refractivity (Wildman–Crippen MR) is 70.2 cm³/mol. The maximum atomic E-state index is 5.96. The number of nitrogens with zero attached hydrogens (tertiary/aromatic N) is 1. The fraction of sp³-hybridized carbons (Fsp3) is 0.571. The summed E-state index contributed by atoms with van der Waals surface area (Å²) in [5.41, 5.74) is 9.03. The molecule has 2 N–H and O–H groups in total. The molecule has 0 radical (unpaired) electrons. The van der Waals surface area contributed by atoms with Crippen molar-refractivity contribution in [3.05, 3.63) is 23.3 Å². The van der Waals surface area contributed by atoms with E-state index >= 15 is 0 Å². The third-order valence-electron chi connectivity index (χ3n) is 3.65. The Bertz CT molecular complexity index is 444. The van der Waals surface area contributed by atoms with E-state index in [1.807, 2.05) is 12.1 Å². The zero-order valence-corrected chi connectivity index (χ0v) is 10.8. The van der Waals surface area contributed by atoms with Crippen LogP contribution in [0.2, 0.25) is 0 Å². The number of hydrogen-bond donors (Lipinski definition) is 1. The lowest BCUT2D eigenvalue weighted by Gasteiger charge is -2.25. The molecule has 98 valence electrons. The minimum atomic E-state index is 0.347. The average Bonchev–Trinajstić information content (AvgIpc) is 3.19. The maximum absolute atomic E-state index is 5.96. The van der Waals surface area contributed by atoms with Gasteiger partial charge in [0.2, 0.25) is 0 Å². The number of ether oxygens (including phenoxy) is 2. The standard InChI is InChI=1S/C14H20N2O2/c1-2-16(13-3-4-13)7-10-5-12(15)6-11-8-17-9-18-14(10)11/h5-6,13H,2-4,7-9,15H2,1H3. The minimum absolute atomic E-state index is 0.347. The second-order valence-electron chi connectivity index (χ2n) is 5.07. The molecule has 3 rings (SSSR count). The van der Waals surface area contributed by atoms with Crippen LogP contribution in [0.15, 0.2) is 12.1 Å². The van der Waals surface area contributed by atoms with Crippen molar-refractivity contribution < 1.29 is 9.47 Å². The van der Waals surface area contributed by atoms with E-state index in [2.05, 4.69) is 11.8 Å². The topological polar surface area (TPSA) is 47.7 Å². The molecular formula is C14H20N2O2. The number of fused-ring (bicyclic) bond motifs is 1. The third kappa shape index (κ3) is 2.31. The summed E-state index contributed by atoms with van der Waals surface area (Å²) in [5.74, 6) is 0.981. The molecule has 1 aliphatic carbocycles. The van der Waals surface area contributed by atoms with E-state index in [9.17, 15) is 0 Å². The van der Waals surface area contributed by atoms with Crippen LogP contribution >= 0.6 is 0 Å². The van der Waals surface area contributed by atoms with Crippen molar-refractivity contribution in [2.75, 3.05) is 19.1 Å². The molecule has 0 amide bonds. The van der Waals surface area contributed by atoms with E-state index in [1.165, 1.54) is 18.4 Å².